The van der Waals surface area contributed by atoms with Gasteiger partial charge in [0.1, 0.15) is 0 Å². The van der Waals surface area contributed by atoms with Gasteiger partial charge in [-0.3, -0.25) is 4.79 Å². The van der Waals surface area contributed by atoms with Crippen molar-refractivity contribution >= 4 is 5.78 Å². The lowest BCUT2D eigenvalue weighted by atomic mass is 9.87. The van der Waals surface area contributed by atoms with E-state index in [0.29, 0.717) is 6.42 Å². The molecule has 0 radical (unpaired) electrons. The first kappa shape index (κ1) is 10.7. The summed E-state index contributed by atoms with van der Waals surface area (Å²) in [4.78, 5) is 11.7. The van der Waals surface area contributed by atoms with Gasteiger partial charge < -0.3 is 5.73 Å². The number of carbonyl (C=O) groups excluding carboxylic acids is 1. The number of Topliss-reactive ketones (excluding diaryl/α,β-unsaturated/α-hetero) is 1. The van der Waals surface area contributed by atoms with Crippen LogP contribution in [0, 0.1) is 0 Å². The lowest BCUT2D eigenvalue weighted by Crippen LogP contribution is -2.41. The second kappa shape index (κ2) is 4.20. The Labute approximate surface area is 84.4 Å². The highest BCUT2D eigenvalue weighted by Crippen LogP contribution is 2.19. The molecule has 0 fully saturated rings. The average Bonchev–Trinajstić information content (AvgIpc) is 2.19. The van der Waals surface area contributed by atoms with E-state index >= 15 is 0 Å². The van der Waals surface area contributed by atoms with Crippen molar-refractivity contribution in [1.29, 1.82) is 0 Å². The molecule has 1 aromatic carbocycles. The minimum atomic E-state index is -0.907. The van der Waals surface area contributed by atoms with Crippen molar-refractivity contribution in [2.75, 3.05) is 0 Å². The molecular formula is C12H15NO. The molecule has 1 unspecified atom stereocenters. The molecule has 0 heterocycles. The van der Waals surface area contributed by atoms with Crippen molar-refractivity contribution in [2.24, 2.45) is 5.73 Å². The molecule has 1 rings (SSSR count). The van der Waals surface area contributed by atoms with Crippen molar-refractivity contribution in [3.05, 3.63) is 48.6 Å². The molecule has 0 bridgehead atoms. The van der Waals surface area contributed by atoms with Gasteiger partial charge in [-0.2, -0.15) is 0 Å². The van der Waals surface area contributed by atoms with Crippen LogP contribution in [0.4, 0.5) is 0 Å². The molecule has 2 N–H and O–H groups in total. The SMILES string of the molecule is C=CCC(=O)C(C)(N)c1ccccc1. The second-order valence-electron chi connectivity index (χ2n) is 3.48. The van der Waals surface area contributed by atoms with E-state index in [4.69, 9.17) is 5.73 Å². The number of benzene rings is 1. The molecule has 2 heteroatoms. The molecule has 0 spiro atoms. The van der Waals surface area contributed by atoms with Gasteiger partial charge >= 0.3 is 0 Å². The number of allylic oxidation sites excluding steroid dienone is 1. The normalized spacial score (nSPS) is 14.4. The van der Waals surface area contributed by atoms with Gasteiger partial charge in [0.25, 0.3) is 0 Å². The third-order valence-electron chi connectivity index (χ3n) is 2.28. The number of ketones is 1. The summed E-state index contributed by atoms with van der Waals surface area (Å²) in [6.45, 7) is 5.26. The van der Waals surface area contributed by atoms with Crippen LogP contribution in [0.2, 0.25) is 0 Å². The lowest BCUT2D eigenvalue weighted by Gasteiger charge is -2.22. The van der Waals surface area contributed by atoms with E-state index in [1.165, 1.54) is 0 Å². The van der Waals surface area contributed by atoms with Gasteiger partial charge in [-0.1, -0.05) is 36.4 Å². The number of hydrogen-bond acceptors (Lipinski definition) is 2. The summed E-state index contributed by atoms with van der Waals surface area (Å²) < 4.78 is 0. The van der Waals surface area contributed by atoms with Gasteiger partial charge in [-0.25, -0.2) is 0 Å². The van der Waals surface area contributed by atoms with Crippen molar-refractivity contribution in [2.45, 2.75) is 18.9 Å². The number of nitrogens with two attached hydrogens (primary N) is 1. The van der Waals surface area contributed by atoms with Crippen LogP contribution in [0.1, 0.15) is 18.9 Å². The average molecular weight is 189 g/mol. The van der Waals surface area contributed by atoms with E-state index in [9.17, 15) is 4.79 Å². The number of hydrogen-bond donors (Lipinski definition) is 1. The van der Waals surface area contributed by atoms with Gasteiger partial charge in [0.15, 0.2) is 5.78 Å². The summed E-state index contributed by atoms with van der Waals surface area (Å²) >= 11 is 0. The first-order valence-corrected chi connectivity index (χ1v) is 4.57. The molecule has 0 saturated carbocycles. The Morgan fingerprint density at radius 3 is 2.57 bits per heavy atom. The van der Waals surface area contributed by atoms with E-state index in [-0.39, 0.29) is 5.78 Å². The van der Waals surface area contributed by atoms with E-state index in [2.05, 4.69) is 6.58 Å². The van der Waals surface area contributed by atoms with Crippen LogP contribution in [-0.2, 0) is 10.3 Å². The number of carbonyl (C=O) groups is 1. The molecule has 0 saturated heterocycles. The zero-order chi connectivity index (χ0) is 10.6. The van der Waals surface area contributed by atoms with Crippen LogP contribution in [0.25, 0.3) is 0 Å². The topological polar surface area (TPSA) is 43.1 Å². The van der Waals surface area contributed by atoms with E-state index in [1.54, 1.807) is 13.0 Å². The molecule has 0 aliphatic carbocycles. The molecule has 14 heavy (non-hydrogen) atoms. The lowest BCUT2D eigenvalue weighted by molar-refractivity contribution is -0.123. The highest BCUT2D eigenvalue weighted by molar-refractivity contribution is 5.89. The minimum absolute atomic E-state index is 0.0151. The summed E-state index contributed by atoms with van der Waals surface area (Å²) in [5, 5.41) is 0. The van der Waals surface area contributed by atoms with Crippen LogP contribution in [0.5, 0.6) is 0 Å². The van der Waals surface area contributed by atoms with Crippen LogP contribution >= 0.6 is 0 Å². The predicted octanol–water partition coefficient (Wildman–Crippen LogP) is 2.01. The van der Waals surface area contributed by atoms with Crippen LogP contribution in [0.3, 0.4) is 0 Å². The minimum Gasteiger partial charge on any atom is -0.315 e. The van der Waals surface area contributed by atoms with Crippen molar-refractivity contribution in [1.82, 2.24) is 0 Å². The summed E-state index contributed by atoms with van der Waals surface area (Å²) in [5.41, 5.74) is 5.90. The highest BCUT2D eigenvalue weighted by Gasteiger charge is 2.28. The second-order valence-corrected chi connectivity index (χ2v) is 3.48. The van der Waals surface area contributed by atoms with E-state index in [1.807, 2.05) is 30.3 Å². The summed E-state index contributed by atoms with van der Waals surface area (Å²) in [6.07, 6.45) is 1.89. The van der Waals surface area contributed by atoms with Gasteiger partial charge in [-0.05, 0) is 12.5 Å². The summed E-state index contributed by atoms with van der Waals surface area (Å²) in [5.74, 6) is -0.0151. The monoisotopic (exact) mass is 189 g/mol. The molecule has 2 nitrogen and oxygen atoms in total. The standard InChI is InChI=1S/C12H15NO/c1-3-7-11(14)12(2,13)10-8-5-4-6-9-10/h3-6,8-9H,1,7,13H2,2H3. The van der Waals surface area contributed by atoms with Gasteiger partial charge in [-0.15, -0.1) is 6.58 Å². The Morgan fingerprint density at radius 1 is 1.50 bits per heavy atom. The Kier molecular flexibility index (Phi) is 3.20. The zero-order valence-corrected chi connectivity index (χ0v) is 8.36. The maximum absolute atomic E-state index is 11.7. The Hall–Kier alpha value is -1.41. The van der Waals surface area contributed by atoms with Crippen molar-refractivity contribution in [3.63, 3.8) is 0 Å². The Morgan fingerprint density at radius 2 is 2.07 bits per heavy atom. The molecule has 74 valence electrons. The molecule has 0 aliphatic heterocycles. The first-order chi connectivity index (χ1) is 6.59. The van der Waals surface area contributed by atoms with Gasteiger partial charge in [0.2, 0.25) is 0 Å². The van der Waals surface area contributed by atoms with Crippen molar-refractivity contribution in [3.8, 4) is 0 Å². The fourth-order valence-corrected chi connectivity index (χ4v) is 1.29. The molecule has 0 aromatic heterocycles. The van der Waals surface area contributed by atoms with E-state index < -0.39 is 5.54 Å². The molecular weight excluding hydrogens is 174 g/mol. The van der Waals surface area contributed by atoms with Gasteiger partial charge in [0, 0.05) is 6.42 Å². The van der Waals surface area contributed by atoms with Crippen molar-refractivity contribution < 1.29 is 4.79 Å². The largest absolute Gasteiger partial charge is 0.315 e. The van der Waals surface area contributed by atoms with Crippen LogP contribution < -0.4 is 5.73 Å². The maximum atomic E-state index is 11.7. The molecule has 0 amide bonds. The zero-order valence-electron chi connectivity index (χ0n) is 8.36. The summed E-state index contributed by atoms with van der Waals surface area (Å²) in [6, 6.07) is 9.38. The molecule has 1 aromatic rings. The Balaban J connectivity index is 2.95. The third-order valence-corrected chi connectivity index (χ3v) is 2.28. The third kappa shape index (κ3) is 2.09. The smallest absolute Gasteiger partial charge is 0.160 e. The molecule has 0 aliphatic rings. The fourth-order valence-electron chi connectivity index (χ4n) is 1.29. The predicted molar refractivity (Wildman–Crippen MR) is 57.8 cm³/mol. The number of rotatable bonds is 4. The maximum Gasteiger partial charge on any atom is 0.160 e. The highest BCUT2D eigenvalue weighted by atomic mass is 16.1. The first-order valence-electron chi connectivity index (χ1n) is 4.57. The summed E-state index contributed by atoms with van der Waals surface area (Å²) in [7, 11) is 0. The fraction of sp³-hybridized carbons (Fsp3) is 0.250. The van der Waals surface area contributed by atoms with Crippen LogP contribution in [0.15, 0.2) is 43.0 Å². The Bertz CT molecular complexity index is 327. The molecule has 1 atom stereocenters. The van der Waals surface area contributed by atoms with E-state index in [0.717, 1.165) is 5.56 Å². The van der Waals surface area contributed by atoms with Crippen LogP contribution in [-0.4, -0.2) is 5.78 Å². The van der Waals surface area contributed by atoms with Gasteiger partial charge in [0.05, 0.1) is 5.54 Å². The quantitative estimate of drug-likeness (QED) is 0.736.